The lowest BCUT2D eigenvalue weighted by atomic mass is 9.98. The van der Waals surface area contributed by atoms with Crippen LogP contribution < -0.4 is 0 Å². The minimum Gasteiger partial charge on any atom is -0.0885 e. The van der Waals surface area contributed by atoms with Crippen molar-refractivity contribution in [3.05, 3.63) is 12.2 Å². The first-order valence-electron chi connectivity index (χ1n) is 11.9. The summed E-state index contributed by atoms with van der Waals surface area (Å²) in [7, 11) is 0. The second-order valence-electron chi connectivity index (χ2n) is 8.61. The van der Waals surface area contributed by atoms with Gasteiger partial charge in [0.05, 0.1) is 0 Å². The van der Waals surface area contributed by atoms with E-state index in [0.29, 0.717) is 0 Å². The summed E-state index contributed by atoms with van der Waals surface area (Å²) in [4.78, 5) is 0. The molecule has 0 saturated heterocycles. The summed E-state index contributed by atoms with van der Waals surface area (Å²) in [5, 5.41) is 0. The highest BCUT2D eigenvalue weighted by molar-refractivity contribution is 4.83. The molecule has 0 aromatic heterocycles. The van der Waals surface area contributed by atoms with Gasteiger partial charge < -0.3 is 0 Å². The van der Waals surface area contributed by atoms with Gasteiger partial charge in [-0.3, -0.25) is 0 Å². The molecule has 25 heavy (non-hydrogen) atoms. The van der Waals surface area contributed by atoms with Crippen molar-refractivity contribution in [1.29, 1.82) is 0 Å². The lowest BCUT2D eigenvalue weighted by Gasteiger charge is -2.09. The Kier molecular flexibility index (Phi) is 19.8. The fourth-order valence-corrected chi connectivity index (χ4v) is 3.76. The van der Waals surface area contributed by atoms with Crippen LogP contribution in [0.25, 0.3) is 0 Å². The molecule has 0 nitrogen and oxygen atoms in total. The molecule has 0 aliphatic rings. The summed E-state index contributed by atoms with van der Waals surface area (Å²) in [6.45, 7) is 9.43. The summed E-state index contributed by atoms with van der Waals surface area (Å²) >= 11 is 0. The molecule has 0 fully saturated rings. The van der Waals surface area contributed by atoms with Crippen LogP contribution in [0.5, 0.6) is 0 Å². The van der Waals surface area contributed by atoms with Gasteiger partial charge in [0, 0.05) is 0 Å². The van der Waals surface area contributed by atoms with Gasteiger partial charge in [-0.25, -0.2) is 0 Å². The Balaban J connectivity index is 3.21. The zero-order chi connectivity index (χ0) is 18.6. The van der Waals surface area contributed by atoms with Gasteiger partial charge in [0.2, 0.25) is 0 Å². The zero-order valence-corrected chi connectivity index (χ0v) is 18.3. The third-order valence-electron chi connectivity index (χ3n) is 5.60. The molecule has 2 unspecified atom stereocenters. The molecular formula is C25H50. The average molecular weight is 351 g/mol. The van der Waals surface area contributed by atoms with Crippen LogP contribution in [0.4, 0.5) is 0 Å². The van der Waals surface area contributed by atoms with Gasteiger partial charge in [0.1, 0.15) is 0 Å². The topological polar surface area (TPSA) is 0 Å². The first kappa shape index (κ1) is 24.7. The van der Waals surface area contributed by atoms with Crippen molar-refractivity contribution in [2.24, 2.45) is 11.8 Å². The highest BCUT2D eigenvalue weighted by Gasteiger charge is 2.00. The minimum absolute atomic E-state index is 0.882. The van der Waals surface area contributed by atoms with Crippen molar-refractivity contribution < 1.29 is 0 Å². The molecule has 0 bridgehead atoms. The number of hydrogen-bond donors (Lipinski definition) is 0. The van der Waals surface area contributed by atoms with Gasteiger partial charge in [-0.1, -0.05) is 130 Å². The molecule has 0 rings (SSSR count). The maximum Gasteiger partial charge on any atom is -0.0325 e. The third kappa shape index (κ3) is 19.9. The standard InChI is InChI=1S/C25H50/c1-5-7-17-21-25(4)23-19-16-14-12-10-8-9-11-13-15-18-22-24(3)20-6-2/h16,19,24-25H,5-15,17-18,20-23H2,1-4H3/b19-16+. The van der Waals surface area contributed by atoms with E-state index in [4.69, 9.17) is 0 Å². The molecule has 0 heterocycles. The van der Waals surface area contributed by atoms with Gasteiger partial charge in [-0.2, -0.15) is 0 Å². The van der Waals surface area contributed by atoms with Crippen LogP contribution in [0.1, 0.15) is 137 Å². The second kappa shape index (κ2) is 20.1. The number of rotatable bonds is 19. The molecule has 0 saturated carbocycles. The Hall–Kier alpha value is -0.260. The molecule has 0 radical (unpaired) electrons. The van der Waals surface area contributed by atoms with E-state index in [9.17, 15) is 0 Å². The van der Waals surface area contributed by atoms with Crippen LogP contribution in [0.15, 0.2) is 12.2 Å². The van der Waals surface area contributed by atoms with Crippen LogP contribution in [0.2, 0.25) is 0 Å². The van der Waals surface area contributed by atoms with Crippen molar-refractivity contribution in [1.82, 2.24) is 0 Å². The van der Waals surface area contributed by atoms with Crippen LogP contribution in [-0.2, 0) is 0 Å². The van der Waals surface area contributed by atoms with Crippen LogP contribution >= 0.6 is 0 Å². The molecule has 0 aromatic rings. The first-order chi connectivity index (χ1) is 12.2. The molecular weight excluding hydrogens is 300 g/mol. The highest BCUT2D eigenvalue weighted by Crippen LogP contribution is 2.17. The Morgan fingerprint density at radius 2 is 1.08 bits per heavy atom. The van der Waals surface area contributed by atoms with Gasteiger partial charge in [0.25, 0.3) is 0 Å². The van der Waals surface area contributed by atoms with E-state index in [1.54, 1.807) is 0 Å². The fourth-order valence-electron chi connectivity index (χ4n) is 3.76. The quantitative estimate of drug-likeness (QED) is 0.161. The van der Waals surface area contributed by atoms with Gasteiger partial charge in [-0.05, 0) is 31.1 Å². The summed E-state index contributed by atoms with van der Waals surface area (Å²) in [5.74, 6) is 1.84. The number of hydrogen-bond acceptors (Lipinski definition) is 0. The Morgan fingerprint density at radius 1 is 0.520 bits per heavy atom. The summed E-state index contributed by atoms with van der Waals surface area (Å²) in [6, 6.07) is 0. The van der Waals surface area contributed by atoms with E-state index in [0.717, 1.165) is 11.8 Å². The summed E-state index contributed by atoms with van der Waals surface area (Å²) in [6.07, 6.45) is 28.9. The van der Waals surface area contributed by atoms with Gasteiger partial charge >= 0.3 is 0 Å². The number of unbranched alkanes of at least 4 members (excludes halogenated alkanes) is 10. The van der Waals surface area contributed by atoms with Gasteiger partial charge in [0.15, 0.2) is 0 Å². The first-order valence-corrected chi connectivity index (χ1v) is 11.9. The van der Waals surface area contributed by atoms with E-state index in [2.05, 4.69) is 39.8 Å². The Labute approximate surface area is 161 Å². The summed E-state index contributed by atoms with van der Waals surface area (Å²) < 4.78 is 0. The monoisotopic (exact) mass is 350 g/mol. The Bertz CT molecular complexity index is 265. The van der Waals surface area contributed by atoms with Crippen molar-refractivity contribution in [2.45, 2.75) is 137 Å². The average Bonchev–Trinajstić information content (AvgIpc) is 2.59. The predicted molar refractivity (Wildman–Crippen MR) is 117 cm³/mol. The molecule has 0 aliphatic heterocycles. The minimum atomic E-state index is 0.882. The van der Waals surface area contributed by atoms with Crippen molar-refractivity contribution in [2.75, 3.05) is 0 Å². The molecule has 0 aromatic carbocycles. The molecule has 0 N–H and O–H groups in total. The smallest absolute Gasteiger partial charge is 0.0325 e. The Morgan fingerprint density at radius 3 is 1.72 bits per heavy atom. The van der Waals surface area contributed by atoms with Crippen molar-refractivity contribution in [3.8, 4) is 0 Å². The number of allylic oxidation sites excluding steroid dienone is 2. The molecule has 0 amide bonds. The van der Waals surface area contributed by atoms with E-state index in [1.165, 1.54) is 109 Å². The van der Waals surface area contributed by atoms with Gasteiger partial charge in [-0.15, -0.1) is 0 Å². The largest absolute Gasteiger partial charge is 0.0885 e. The molecule has 0 heteroatoms. The molecule has 150 valence electrons. The van der Waals surface area contributed by atoms with Crippen LogP contribution in [0.3, 0.4) is 0 Å². The molecule has 2 atom stereocenters. The molecule has 0 spiro atoms. The van der Waals surface area contributed by atoms with Crippen molar-refractivity contribution in [3.63, 3.8) is 0 Å². The predicted octanol–water partition coefficient (Wildman–Crippen LogP) is 9.49. The van der Waals surface area contributed by atoms with Crippen LogP contribution in [-0.4, -0.2) is 0 Å². The normalized spacial score (nSPS) is 14.2. The fraction of sp³-hybridized carbons (Fsp3) is 0.920. The van der Waals surface area contributed by atoms with E-state index in [-0.39, 0.29) is 0 Å². The second-order valence-corrected chi connectivity index (χ2v) is 8.61. The maximum absolute atomic E-state index is 2.44. The van der Waals surface area contributed by atoms with E-state index >= 15 is 0 Å². The van der Waals surface area contributed by atoms with Crippen molar-refractivity contribution >= 4 is 0 Å². The van der Waals surface area contributed by atoms with E-state index < -0.39 is 0 Å². The maximum atomic E-state index is 2.44. The summed E-state index contributed by atoms with van der Waals surface area (Å²) in [5.41, 5.74) is 0. The van der Waals surface area contributed by atoms with Crippen LogP contribution in [0, 0.1) is 11.8 Å². The molecule has 0 aliphatic carbocycles. The van der Waals surface area contributed by atoms with E-state index in [1.807, 2.05) is 0 Å². The lowest BCUT2D eigenvalue weighted by molar-refractivity contribution is 0.450. The highest BCUT2D eigenvalue weighted by atomic mass is 14.1. The zero-order valence-electron chi connectivity index (χ0n) is 18.3. The SMILES string of the molecule is CCCCCC(C)C/C=C/CCCCCCCCCCC(C)CCC. The third-order valence-corrected chi connectivity index (χ3v) is 5.60. The lowest BCUT2D eigenvalue weighted by Crippen LogP contribution is -1.93.